The molecule has 2 amide bonds. The number of methoxy groups -OCH3 is 1. The molecule has 4 atom stereocenters. The number of benzene rings is 2. The minimum absolute atomic E-state index is 0.158. The molecule has 0 radical (unpaired) electrons. The summed E-state index contributed by atoms with van der Waals surface area (Å²) in [4.78, 5) is 25.6. The zero-order valence-electron chi connectivity index (χ0n) is 17.2. The largest absolute Gasteiger partial charge is 0.493 e. The first-order chi connectivity index (χ1) is 15.5. The quantitative estimate of drug-likeness (QED) is 0.314. The van der Waals surface area contributed by atoms with Crippen molar-refractivity contribution in [1.82, 2.24) is 5.01 Å². The predicted molar refractivity (Wildman–Crippen MR) is 124 cm³/mol. The molecule has 2 fully saturated rings. The maximum absolute atomic E-state index is 12.8. The molecule has 32 heavy (non-hydrogen) atoms. The average molecular weight is 516 g/mol. The van der Waals surface area contributed by atoms with Crippen LogP contribution in [0.3, 0.4) is 0 Å². The van der Waals surface area contributed by atoms with Gasteiger partial charge in [0, 0.05) is 10.6 Å². The van der Waals surface area contributed by atoms with E-state index in [4.69, 9.17) is 21.1 Å². The summed E-state index contributed by atoms with van der Waals surface area (Å²) in [5.74, 6) is 0.377. The fourth-order valence-corrected chi connectivity index (χ4v) is 5.61. The number of fused-ring (bicyclic) bond motifs is 5. The second kappa shape index (κ2) is 8.37. The highest BCUT2D eigenvalue weighted by molar-refractivity contribution is 9.10. The molecule has 2 aliphatic carbocycles. The number of allylic oxidation sites excluding steroid dienone is 2. The van der Waals surface area contributed by atoms with Crippen LogP contribution in [-0.2, 0) is 16.2 Å². The highest BCUT2D eigenvalue weighted by atomic mass is 79.9. The molecule has 0 unspecified atom stereocenters. The molecule has 0 N–H and O–H groups in total. The molecule has 1 saturated carbocycles. The lowest BCUT2D eigenvalue weighted by Crippen LogP contribution is -2.28. The van der Waals surface area contributed by atoms with Gasteiger partial charge in [0.05, 0.1) is 29.6 Å². The number of nitrogens with zero attached hydrogens (tertiary/aromatic N) is 2. The Morgan fingerprint density at radius 1 is 1.16 bits per heavy atom. The Morgan fingerprint density at radius 3 is 2.50 bits per heavy atom. The molecule has 0 spiro atoms. The summed E-state index contributed by atoms with van der Waals surface area (Å²) in [6.45, 7) is 0.276. The maximum Gasteiger partial charge on any atom is 0.254 e. The Bertz CT molecular complexity index is 1130. The Morgan fingerprint density at radius 2 is 1.84 bits per heavy atom. The van der Waals surface area contributed by atoms with E-state index in [0.29, 0.717) is 26.6 Å². The van der Waals surface area contributed by atoms with E-state index in [1.165, 1.54) is 6.21 Å². The molecular weight excluding hydrogens is 496 g/mol. The van der Waals surface area contributed by atoms with Gasteiger partial charge in [-0.15, -0.1) is 0 Å². The van der Waals surface area contributed by atoms with Gasteiger partial charge in [0.15, 0.2) is 11.5 Å². The standard InChI is InChI=1S/C24H20BrClN2O4/c1-31-19-9-13(8-17(25)22(19)32-12-16-4-2-3-5-18(16)26)11-27-28-23(29)20-14-6-7-15(10-14)21(20)24(28)30/h2-9,11,14-15,20-21H,10,12H2,1H3/b27-11-/t14-,15-,20-,21-/m0/s1. The van der Waals surface area contributed by atoms with Gasteiger partial charge in [-0.25, -0.2) is 0 Å². The van der Waals surface area contributed by atoms with E-state index in [-0.39, 0.29) is 42.1 Å². The minimum Gasteiger partial charge on any atom is -0.493 e. The molecule has 0 aromatic heterocycles. The smallest absolute Gasteiger partial charge is 0.254 e. The summed E-state index contributed by atoms with van der Waals surface area (Å²) >= 11 is 9.73. The molecule has 2 aromatic rings. The summed E-state index contributed by atoms with van der Waals surface area (Å²) < 4.78 is 12.1. The first-order valence-corrected chi connectivity index (χ1v) is 11.5. The number of carbonyl (C=O) groups excluding carboxylic acids is 2. The summed E-state index contributed by atoms with van der Waals surface area (Å²) in [6.07, 6.45) is 6.52. The average Bonchev–Trinajstić information content (AvgIpc) is 3.46. The van der Waals surface area contributed by atoms with Gasteiger partial charge in [-0.1, -0.05) is 42.0 Å². The molecule has 164 valence electrons. The van der Waals surface area contributed by atoms with E-state index in [9.17, 15) is 9.59 Å². The van der Waals surface area contributed by atoms with Crippen LogP contribution in [0.5, 0.6) is 11.5 Å². The highest BCUT2D eigenvalue weighted by Crippen LogP contribution is 2.52. The molecule has 8 heteroatoms. The van der Waals surface area contributed by atoms with Crippen LogP contribution in [0.2, 0.25) is 5.02 Å². The normalized spacial score (nSPS) is 25.8. The topological polar surface area (TPSA) is 68.2 Å². The van der Waals surface area contributed by atoms with Crippen molar-refractivity contribution in [3.63, 3.8) is 0 Å². The van der Waals surface area contributed by atoms with Gasteiger partial charge in [-0.3, -0.25) is 9.59 Å². The number of halogens is 2. The second-order valence-corrected chi connectivity index (χ2v) is 9.41. The molecule has 2 aromatic carbocycles. The zero-order chi connectivity index (χ0) is 22.4. The Kier molecular flexibility index (Phi) is 5.55. The Labute approximate surface area is 199 Å². The van der Waals surface area contributed by atoms with Crippen LogP contribution < -0.4 is 9.47 Å². The molecular formula is C24H20BrClN2O4. The van der Waals surface area contributed by atoms with E-state index in [2.05, 4.69) is 33.2 Å². The van der Waals surface area contributed by atoms with Crippen molar-refractivity contribution in [2.24, 2.45) is 28.8 Å². The van der Waals surface area contributed by atoms with Crippen LogP contribution in [-0.4, -0.2) is 30.1 Å². The van der Waals surface area contributed by atoms with Crippen LogP contribution in [0, 0.1) is 23.7 Å². The lowest BCUT2D eigenvalue weighted by atomic mass is 9.85. The molecule has 1 heterocycles. The number of hydrazone groups is 1. The lowest BCUT2D eigenvalue weighted by molar-refractivity contribution is -0.140. The highest BCUT2D eigenvalue weighted by Gasteiger charge is 2.59. The van der Waals surface area contributed by atoms with Crippen LogP contribution in [0.25, 0.3) is 0 Å². The van der Waals surface area contributed by atoms with Gasteiger partial charge in [-0.05, 0) is 57.9 Å². The number of amides is 2. The number of rotatable bonds is 6. The number of imide groups is 1. The van der Waals surface area contributed by atoms with E-state index < -0.39 is 0 Å². The number of ether oxygens (including phenoxy) is 2. The maximum atomic E-state index is 12.8. The second-order valence-electron chi connectivity index (χ2n) is 8.15. The molecule has 1 saturated heterocycles. The summed E-state index contributed by atoms with van der Waals surface area (Å²) in [5.41, 5.74) is 1.52. The van der Waals surface area contributed by atoms with Gasteiger partial charge in [-0.2, -0.15) is 10.1 Å². The fourth-order valence-electron chi connectivity index (χ4n) is 4.84. The number of hydrogen-bond acceptors (Lipinski definition) is 5. The number of hydrogen-bond donors (Lipinski definition) is 0. The van der Waals surface area contributed by atoms with E-state index in [1.54, 1.807) is 19.2 Å². The molecule has 1 aliphatic heterocycles. The van der Waals surface area contributed by atoms with Crippen molar-refractivity contribution in [3.05, 3.63) is 69.2 Å². The third-order valence-electron chi connectivity index (χ3n) is 6.35. The predicted octanol–water partition coefficient (Wildman–Crippen LogP) is 4.83. The number of carbonyl (C=O) groups is 2. The van der Waals surface area contributed by atoms with E-state index in [0.717, 1.165) is 17.0 Å². The molecule has 5 rings (SSSR count). The Hall–Kier alpha value is -2.64. The van der Waals surface area contributed by atoms with Crippen LogP contribution in [0.1, 0.15) is 17.5 Å². The van der Waals surface area contributed by atoms with Crippen molar-refractivity contribution in [3.8, 4) is 11.5 Å². The van der Waals surface area contributed by atoms with Crippen molar-refractivity contribution in [2.75, 3.05) is 7.11 Å². The van der Waals surface area contributed by atoms with Gasteiger partial charge in [0.1, 0.15) is 6.61 Å². The van der Waals surface area contributed by atoms with Crippen molar-refractivity contribution in [1.29, 1.82) is 0 Å². The van der Waals surface area contributed by atoms with Gasteiger partial charge >= 0.3 is 0 Å². The molecule has 6 nitrogen and oxygen atoms in total. The molecule has 3 aliphatic rings. The fraction of sp³-hybridized carbons (Fsp3) is 0.292. The SMILES string of the molecule is COc1cc(/C=N\N2C(=O)[C@@H]3[C@@H](C2=O)[C@H]2C=C[C@H]3C2)cc(Br)c1OCc1ccccc1Cl. The summed E-state index contributed by atoms with van der Waals surface area (Å²) in [5, 5.41) is 5.89. The van der Waals surface area contributed by atoms with Crippen molar-refractivity contribution < 1.29 is 19.1 Å². The Balaban J connectivity index is 1.34. The zero-order valence-corrected chi connectivity index (χ0v) is 19.5. The first kappa shape index (κ1) is 21.2. The van der Waals surface area contributed by atoms with Gasteiger partial charge in [0.2, 0.25) is 0 Å². The van der Waals surface area contributed by atoms with E-state index >= 15 is 0 Å². The van der Waals surface area contributed by atoms with Crippen LogP contribution in [0.4, 0.5) is 0 Å². The first-order valence-electron chi connectivity index (χ1n) is 10.3. The lowest BCUT2D eigenvalue weighted by Gasteiger charge is -2.14. The van der Waals surface area contributed by atoms with Crippen molar-refractivity contribution in [2.45, 2.75) is 13.0 Å². The monoisotopic (exact) mass is 514 g/mol. The minimum atomic E-state index is -0.267. The third-order valence-corrected chi connectivity index (χ3v) is 7.31. The van der Waals surface area contributed by atoms with Crippen molar-refractivity contribution >= 4 is 45.6 Å². The van der Waals surface area contributed by atoms with Gasteiger partial charge in [0.25, 0.3) is 11.8 Å². The molecule has 2 bridgehead atoms. The van der Waals surface area contributed by atoms with Crippen LogP contribution in [0.15, 0.2) is 58.1 Å². The third kappa shape index (κ3) is 3.53. The summed E-state index contributed by atoms with van der Waals surface area (Å²) in [6, 6.07) is 11.0. The van der Waals surface area contributed by atoms with Gasteiger partial charge < -0.3 is 9.47 Å². The summed E-state index contributed by atoms with van der Waals surface area (Å²) in [7, 11) is 1.54. The van der Waals surface area contributed by atoms with E-state index in [1.807, 2.05) is 24.3 Å². The van der Waals surface area contributed by atoms with Crippen LogP contribution >= 0.6 is 27.5 Å².